The molecule has 1 saturated heterocycles. The van der Waals surface area contributed by atoms with Crippen LogP contribution in [0.25, 0.3) is 0 Å². The third-order valence-corrected chi connectivity index (χ3v) is 4.28. The van der Waals surface area contributed by atoms with Crippen molar-refractivity contribution in [2.24, 2.45) is 0 Å². The number of thiocarbonyl (C=S) groups is 1. The molecule has 2 N–H and O–H groups in total. The number of nitrogens with one attached hydrogen (secondary N) is 2. The van der Waals surface area contributed by atoms with Crippen LogP contribution in [0.3, 0.4) is 0 Å². The molecule has 138 valence electrons. The summed E-state index contributed by atoms with van der Waals surface area (Å²) in [5.74, 6) is -0.324. The van der Waals surface area contributed by atoms with Crippen LogP contribution in [0, 0.1) is 6.92 Å². The molecule has 7 heteroatoms. The summed E-state index contributed by atoms with van der Waals surface area (Å²) < 4.78 is 10.4. The molecular formula is C18H27N3O3S. The van der Waals surface area contributed by atoms with Crippen molar-refractivity contribution in [3.63, 3.8) is 0 Å². The Morgan fingerprint density at radius 1 is 1.36 bits per heavy atom. The fourth-order valence-electron chi connectivity index (χ4n) is 2.59. The number of morpholine rings is 1. The molecule has 0 aromatic heterocycles. The van der Waals surface area contributed by atoms with Gasteiger partial charge in [0.25, 0.3) is 0 Å². The zero-order valence-electron chi connectivity index (χ0n) is 15.0. The van der Waals surface area contributed by atoms with Gasteiger partial charge in [-0.15, -0.1) is 0 Å². The van der Waals surface area contributed by atoms with Gasteiger partial charge in [0, 0.05) is 25.3 Å². The van der Waals surface area contributed by atoms with Crippen LogP contribution in [-0.2, 0) is 9.47 Å². The van der Waals surface area contributed by atoms with Crippen LogP contribution in [0.5, 0.6) is 0 Å². The van der Waals surface area contributed by atoms with Crippen molar-refractivity contribution in [3.05, 3.63) is 29.3 Å². The molecule has 1 fully saturated rings. The third-order valence-electron chi connectivity index (χ3n) is 4.04. The summed E-state index contributed by atoms with van der Waals surface area (Å²) in [5.41, 5.74) is 2.35. The van der Waals surface area contributed by atoms with Crippen LogP contribution < -0.4 is 10.6 Å². The van der Waals surface area contributed by atoms with Gasteiger partial charge in [0.05, 0.1) is 25.4 Å². The fraction of sp³-hybridized carbons (Fsp3) is 0.556. The highest BCUT2D eigenvalue weighted by Crippen LogP contribution is 2.17. The maximum absolute atomic E-state index is 11.8. The molecule has 0 radical (unpaired) electrons. The van der Waals surface area contributed by atoms with Crippen LogP contribution >= 0.6 is 12.2 Å². The fourth-order valence-corrected chi connectivity index (χ4v) is 2.81. The van der Waals surface area contributed by atoms with Crippen molar-refractivity contribution in [2.75, 3.05) is 51.3 Å². The number of ether oxygens (including phenoxy) is 2. The van der Waals surface area contributed by atoms with Gasteiger partial charge in [0.2, 0.25) is 0 Å². The molecule has 0 spiro atoms. The van der Waals surface area contributed by atoms with Crippen molar-refractivity contribution < 1.29 is 14.3 Å². The lowest BCUT2D eigenvalue weighted by atomic mass is 10.1. The second kappa shape index (κ2) is 10.3. The van der Waals surface area contributed by atoms with E-state index in [1.165, 1.54) is 0 Å². The van der Waals surface area contributed by atoms with Crippen molar-refractivity contribution in [2.45, 2.75) is 20.3 Å². The second-order valence-corrected chi connectivity index (χ2v) is 6.35. The van der Waals surface area contributed by atoms with E-state index in [0.29, 0.717) is 17.3 Å². The minimum absolute atomic E-state index is 0.324. The number of anilines is 1. The molecule has 1 aromatic rings. The molecule has 0 atom stereocenters. The van der Waals surface area contributed by atoms with Gasteiger partial charge in [0.1, 0.15) is 0 Å². The summed E-state index contributed by atoms with van der Waals surface area (Å²) in [7, 11) is 0. The maximum Gasteiger partial charge on any atom is 0.338 e. The average Bonchev–Trinajstić information content (AvgIpc) is 2.62. The predicted molar refractivity (Wildman–Crippen MR) is 103 cm³/mol. The molecule has 25 heavy (non-hydrogen) atoms. The molecular weight excluding hydrogens is 338 g/mol. The van der Waals surface area contributed by atoms with Crippen molar-refractivity contribution in [1.29, 1.82) is 0 Å². The normalized spacial score (nSPS) is 14.8. The lowest BCUT2D eigenvalue weighted by Gasteiger charge is -2.26. The predicted octanol–water partition coefficient (Wildman–Crippen LogP) is 2.18. The Morgan fingerprint density at radius 3 is 2.84 bits per heavy atom. The smallest absolute Gasteiger partial charge is 0.338 e. The molecule has 0 unspecified atom stereocenters. The first-order valence-electron chi connectivity index (χ1n) is 8.73. The molecule has 1 aliphatic rings. The van der Waals surface area contributed by atoms with Crippen molar-refractivity contribution >= 4 is 29.0 Å². The van der Waals surface area contributed by atoms with E-state index >= 15 is 0 Å². The van der Waals surface area contributed by atoms with Gasteiger partial charge >= 0.3 is 5.97 Å². The van der Waals surface area contributed by atoms with Gasteiger partial charge in [-0.2, -0.15) is 0 Å². The lowest BCUT2D eigenvalue weighted by molar-refractivity contribution is 0.0376. The molecule has 1 aliphatic heterocycles. The summed E-state index contributed by atoms with van der Waals surface area (Å²) in [6, 6.07) is 5.42. The summed E-state index contributed by atoms with van der Waals surface area (Å²) in [5, 5.41) is 6.94. The highest BCUT2D eigenvalue weighted by molar-refractivity contribution is 7.80. The zero-order valence-corrected chi connectivity index (χ0v) is 15.8. The summed E-state index contributed by atoms with van der Waals surface area (Å²) in [6.07, 6.45) is 1.02. The van der Waals surface area contributed by atoms with Gasteiger partial charge in [-0.25, -0.2) is 4.79 Å². The van der Waals surface area contributed by atoms with Crippen LogP contribution in [0.2, 0.25) is 0 Å². The van der Waals surface area contributed by atoms with E-state index < -0.39 is 0 Å². The van der Waals surface area contributed by atoms with Crippen molar-refractivity contribution in [3.8, 4) is 0 Å². The number of nitrogens with zero attached hydrogens (tertiary/aromatic N) is 1. The molecule has 0 saturated carbocycles. The first-order chi connectivity index (χ1) is 12.1. The number of carbonyl (C=O) groups is 1. The molecule has 0 amide bonds. The number of hydrogen-bond donors (Lipinski definition) is 2. The quantitative estimate of drug-likeness (QED) is 0.436. The van der Waals surface area contributed by atoms with Gasteiger partial charge < -0.3 is 20.1 Å². The van der Waals surface area contributed by atoms with Crippen LogP contribution in [0.4, 0.5) is 5.69 Å². The van der Waals surface area contributed by atoms with E-state index in [1.54, 1.807) is 19.1 Å². The van der Waals surface area contributed by atoms with E-state index in [-0.39, 0.29) is 5.97 Å². The zero-order chi connectivity index (χ0) is 18.1. The number of esters is 1. The SMILES string of the molecule is CCOC(=O)c1ccc(C)c(NC(=S)NCCCN2CCOCC2)c1. The summed E-state index contributed by atoms with van der Waals surface area (Å²) in [6.45, 7) is 9.62. The Bertz CT molecular complexity index is 589. The summed E-state index contributed by atoms with van der Waals surface area (Å²) >= 11 is 5.35. The van der Waals surface area contributed by atoms with Crippen molar-refractivity contribution in [1.82, 2.24) is 10.2 Å². The van der Waals surface area contributed by atoms with Crippen LogP contribution in [0.15, 0.2) is 18.2 Å². The van der Waals surface area contributed by atoms with E-state index in [1.807, 2.05) is 13.0 Å². The number of rotatable bonds is 7. The van der Waals surface area contributed by atoms with Crippen LogP contribution in [0.1, 0.15) is 29.3 Å². The Kier molecular flexibility index (Phi) is 8.11. The van der Waals surface area contributed by atoms with Gasteiger partial charge in [-0.1, -0.05) is 6.07 Å². The molecule has 1 heterocycles. The monoisotopic (exact) mass is 365 g/mol. The van der Waals surface area contributed by atoms with E-state index in [9.17, 15) is 4.79 Å². The highest BCUT2D eigenvalue weighted by Gasteiger charge is 2.11. The molecule has 2 rings (SSSR count). The highest BCUT2D eigenvalue weighted by atomic mass is 32.1. The minimum Gasteiger partial charge on any atom is -0.462 e. The summed E-state index contributed by atoms with van der Waals surface area (Å²) in [4.78, 5) is 14.2. The first-order valence-corrected chi connectivity index (χ1v) is 9.13. The Morgan fingerprint density at radius 2 is 2.12 bits per heavy atom. The Labute approximate surface area is 154 Å². The topological polar surface area (TPSA) is 62.8 Å². The molecule has 6 nitrogen and oxygen atoms in total. The van der Waals surface area contributed by atoms with E-state index in [4.69, 9.17) is 21.7 Å². The molecule has 1 aromatic carbocycles. The minimum atomic E-state index is -0.324. The number of benzene rings is 1. The third kappa shape index (κ3) is 6.61. The standard InChI is InChI=1S/C18H27N3O3S/c1-3-24-17(22)15-6-5-14(2)16(13-15)20-18(25)19-7-4-8-21-9-11-23-12-10-21/h5-6,13H,3-4,7-12H2,1-2H3,(H2,19,20,25). The molecule has 0 bridgehead atoms. The molecule has 0 aliphatic carbocycles. The maximum atomic E-state index is 11.8. The lowest BCUT2D eigenvalue weighted by Crippen LogP contribution is -2.38. The second-order valence-electron chi connectivity index (χ2n) is 5.94. The van der Waals surface area contributed by atoms with Gasteiger partial charge in [-0.3, -0.25) is 4.90 Å². The van der Waals surface area contributed by atoms with Crippen LogP contribution in [-0.4, -0.2) is 62.0 Å². The number of aryl methyl sites for hydroxylation is 1. The van der Waals surface area contributed by atoms with Gasteiger partial charge in [0.15, 0.2) is 5.11 Å². The Balaban J connectivity index is 1.77. The number of hydrogen-bond acceptors (Lipinski definition) is 5. The van der Waals surface area contributed by atoms with Gasteiger partial charge in [-0.05, 0) is 56.7 Å². The van der Waals surface area contributed by atoms with E-state index in [0.717, 1.165) is 57.1 Å². The number of carbonyl (C=O) groups excluding carboxylic acids is 1. The largest absolute Gasteiger partial charge is 0.462 e. The average molecular weight is 365 g/mol. The Hall–Kier alpha value is -1.70. The van der Waals surface area contributed by atoms with E-state index in [2.05, 4.69) is 15.5 Å². The first kappa shape index (κ1) is 19.6.